The van der Waals surface area contributed by atoms with E-state index < -0.39 is 0 Å². The van der Waals surface area contributed by atoms with Crippen molar-refractivity contribution in [3.05, 3.63) is 59.1 Å². The maximum Gasteiger partial charge on any atom is 0.253 e. The monoisotopic (exact) mass is 340 g/mol. The first-order valence-corrected chi connectivity index (χ1v) is 8.32. The molecule has 0 spiro atoms. The van der Waals surface area contributed by atoms with Gasteiger partial charge in [-0.05, 0) is 30.7 Å². The van der Waals surface area contributed by atoms with Gasteiger partial charge in [0.2, 0.25) is 0 Å². The number of pyridine rings is 1. The molecule has 0 unspecified atom stereocenters. The largest absolute Gasteiger partial charge is 0.338 e. The van der Waals surface area contributed by atoms with Crippen LogP contribution in [0.1, 0.15) is 28.5 Å². The third-order valence-electron chi connectivity index (χ3n) is 4.63. The summed E-state index contributed by atoms with van der Waals surface area (Å²) in [6.07, 6.45) is 4.50. The SMILES string of the molecule is Cn1c([C@H]2CCN(C(=O)c3cccc(Cl)c3)C2)nc2ccncc21. The third kappa shape index (κ3) is 2.55. The minimum Gasteiger partial charge on any atom is -0.338 e. The lowest BCUT2D eigenvalue weighted by Gasteiger charge is -2.16. The van der Waals surface area contributed by atoms with E-state index in [1.807, 2.05) is 36.3 Å². The number of aryl methyl sites for hydroxylation is 1. The van der Waals surface area contributed by atoms with Crippen molar-refractivity contribution in [1.82, 2.24) is 19.4 Å². The van der Waals surface area contributed by atoms with Crippen molar-refractivity contribution in [1.29, 1.82) is 0 Å². The van der Waals surface area contributed by atoms with Crippen molar-refractivity contribution in [3.63, 3.8) is 0 Å². The zero-order chi connectivity index (χ0) is 16.7. The van der Waals surface area contributed by atoms with Crippen molar-refractivity contribution in [2.24, 2.45) is 7.05 Å². The summed E-state index contributed by atoms with van der Waals surface area (Å²) in [5.41, 5.74) is 2.60. The minimum absolute atomic E-state index is 0.0282. The highest BCUT2D eigenvalue weighted by Gasteiger charge is 2.30. The van der Waals surface area contributed by atoms with Gasteiger partial charge in [-0.3, -0.25) is 9.78 Å². The highest BCUT2D eigenvalue weighted by molar-refractivity contribution is 6.30. The smallest absolute Gasteiger partial charge is 0.253 e. The second-order valence-electron chi connectivity index (χ2n) is 6.14. The molecule has 0 radical (unpaired) electrons. The number of fused-ring (bicyclic) bond motifs is 1. The van der Waals surface area contributed by atoms with Gasteiger partial charge in [-0.2, -0.15) is 0 Å². The molecular formula is C18H17ClN4O. The fourth-order valence-corrected chi connectivity index (χ4v) is 3.57. The first kappa shape index (κ1) is 15.1. The van der Waals surface area contributed by atoms with Crippen LogP contribution in [-0.2, 0) is 7.05 Å². The average Bonchev–Trinajstić information content (AvgIpc) is 3.20. The van der Waals surface area contributed by atoms with E-state index in [-0.39, 0.29) is 11.8 Å². The Morgan fingerprint density at radius 1 is 1.33 bits per heavy atom. The lowest BCUT2D eigenvalue weighted by Crippen LogP contribution is -2.28. The van der Waals surface area contributed by atoms with Gasteiger partial charge >= 0.3 is 0 Å². The van der Waals surface area contributed by atoms with E-state index in [0.717, 1.165) is 29.8 Å². The topological polar surface area (TPSA) is 51.0 Å². The molecule has 0 saturated carbocycles. The van der Waals surface area contributed by atoms with Crippen LogP contribution >= 0.6 is 11.6 Å². The number of aromatic nitrogens is 3. The number of hydrogen-bond acceptors (Lipinski definition) is 3. The number of nitrogens with zero attached hydrogens (tertiary/aromatic N) is 4. The van der Waals surface area contributed by atoms with Gasteiger partial charge in [0.05, 0.1) is 17.2 Å². The second kappa shape index (κ2) is 5.91. The zero-order valence-electron chi connectivity index (χ0n) is 13.3. The summed E-state index contributed by atoms with van der Waals surface area (Å²) >= 11 is 6.00. The quantitative estimate of drug-likeness (QED) is 0.719. The lowest BCUT2D eigenvalue weighted by atomic mass is 10.1. The van der Waals surface area contributed by atoms with Crippen LogP contribution in [-0.4, -0.2) is 38.4 Å². The number of carbonyl (C=O) groups is 1. The normalized spacial score (nSPS) is 17.6. The molecule has 4 rings (SSSR count). The van der Waals surface area contributed by atoms with E-state index in [1.54, 1.807) is 18.3 Å². The van der Waals surface area contributed by atoms with Crippen LogP contribution in [0, 0.1) is 0 Å². The van der Waals surface area contributed by atoms with E-state index in [9.17, 15) is 4.79 Å². The maximum atomic E-state index is 12.7. The van der Waals surface area contributed by atoms with Crippen LogP contribution in [0.15, 0.2) is 42.7 Å². The van der Waals surface area contributed by atoms with Gasteiger partial charge < -0.3 is 9.47 Å². The third-order valence-corrected chi connectivity index (χ3v) is 4.87. The molecule has 1 aliphatic rings. The fourth-order valence-electron chi connectivity index (χ4n) is 3.38. The Bertz CT molecular complexity index is 920. The number of imidazole rings is 1. The number of hydrogen-bond donors (Lipinski definition) is 0. The Balaban J connectivity index is 1.57. The Morgan fingerprint density at radius 2 is 2.21 bits per heavy atom. The summed E-state index contributed by atoms with van der Waals surface area (Å²) in [5, 5.41) is 0.583. The van der Waals surface area contributed by atoms with Crippen molar-refractivity contribution in [2.75, 3.05) is 13.1 Å². The minimum atomic E-state index is 0.0282. The number of likely N-dealkylation sites (tertiary alicyclic amines) is 1. The van der Waals surface area contributed by atoms with Gasteiger partial charge in [-0.25, -0.2) is 4.98 Å². The molecule has 0 aliphatic carbocycles. The summed E-state index contributed by atoms with van der Waals surface area (Å²) < 4.78 is 2.08. The molecule has 1 fully saturated rings. The molecule has 5 nitrogen and oxygen atoms in total. The molecule has 122 valence electrons. The molecule has 6 heteroatoms. The molecular weight excluding hydrogens is 324 g/mol. The number of benzene rings is 1. The van der Waals surface area contributed by atoms with E-state index in [0.29, 0.717) is 17.1 Å². The fraction of sp³-hybridized carbons (Fsp3) is 0.278. The number of rotatable bonds is 2. The van der Waals surface area contributed by atoms with Crippen LogP contribution in [0.5, 0.6) is 0 Å². The Kier molecular flexibility index (Phi) is 3.73. The lowest BCUT2D eigenvalue weighted by molar-refractivity contribution is 0.0790. The molecule has 3 aromatic rings. The molecule has 1 amide bonds. The van der Waals surface area contributed by atoms with Crippen LogP contribution in [0.3, 0.4) is 0 Å². The van der Waals surface area contributed by atoms with Crippen molar-refractivity contribution >= 4 is 28.5 Å². The van der Waals surface area contributed by atoms with Crippen molar-refractivity contribution in [2.45, 2.75) is 12.3 Å². The molecule has 1 aliphatic heterocycles. The predicted octanol–water partition coefficient (Wildman–Crippen LogP) is 3.25. The second-order valence-corrected chi connectivity index (χ2v) is 6.58. The van der Waals surface area contributed by atoms with Gasteiger partial charge in [-0.15, -0.1) is 0 Å². The summed E-state index contributed by atoms with van der Waals surface area (Å²) in [7, 11) is 2.01. The summed E-state index contributed by atoms with van der Waals surface area (Å²) in [6, 6.07) is 9.03. The molecule has 1 atom stereocenters. The highest BCUT2D eigenvalue weighted by atomic mass is 35.5. The van der Waals surface area contributed by atoms with Crippen molar-refractivity contribution < 1.29 is 4.79 Å². The average molecular weight is 341 g/mol. The molecule has 24 heavy (non-hydrogen) atoms. The van der Waals surface area contributed by atoms with Crippen LogP contribution in [0.4, 0.5) is 0 Å². The van der Waals surface area contributed by atoms with E-state index in [4.69, 9.17) is 16.6 Å². The molecule has 1 aromatic carbocycles. The van der Waals surface area contributed by atoms with Gasteiger partial charge in [0.25, 0.3) is 5.91 Å². The first-order chi connectivity index (χ1) is 11.6. The standard InChI is InChI=1S/C18H17ClN4O/c1-22-16-10-20-7-5-15(16)21-17(22)13-6-8-23(11-13)18(24)12-3-2-4-14(19)9-12/h2-5,7,9-10,13H,6,8,11H2,1H3/t13-/m0/s1. The Hall–Kier alpha value is -2.40. The molecule has 3 heterocycles. The summed E-state index contributed by atoms with van der Waals surface area (Å²) in [6.45, 7) is 1.41. The highest BCUT2D eigenvalue weighted by Crippen LogP contribution is 2.29. The molecule has 2 aromatic heterocycles. The van der Waals surface area contributed by atoms with Gasteiger partial charge in [0.1, 0.15) is 5.82 Å². The van der Waals surface area contributed by atoms with Crippen LogP contribution < -0.4 is 0 Å². The Labute approximate surface area is 144 Å². The van der Waals surface area contributed by atoms with Gasteiger partial charge in [0, 0.05) is 42.8 Å². The van der Waals surface area contributed by atoms with Gasteiger partial charge in [0.15, 0.2) is 0 Å². The molecule has 0 bridgehead atoms. The number of halogens is 1. The van der Waals surface area contributed by atoms with E-state index >= 15 is 0 Å². The van der Waals surface area contributed by atoms with Crippen molar-refractivity contribution in [3.8, 4) is 0 Å². The van der Waals surface area contributed by atoms with Gasteiger partial charge in [-0.1, -0.05) is 17.7 Å². The summed E-state index contributed by atoms with van der Waals surface area (Å²) in [4.78, 5) is 23.5. The maximum absolute atomic E-state index is 12.7. The molecule has 1 saturated heterocycles. The number of amides is 1. The molecule has 0 N–H and O–H groups in total. The zero-order valence-corrected chi connectivity index (χ0v) is 14.1. The van der Waals surface area contributed by atoms with E-state index in [1.165, 1.54) is 0 Å². The first-order valence-electron chi connectivity index (χ1n) is 7.94. The summed E-state index contributed by atoms with van der Waals surface area (Å²) in [5.74, 6) is 1.28. The Morgan fingerprint density at radius 3 is 3.00 bits per heavy atom. The predicted molar refractivity (Wildman–Crippen MR) is 93.2 cm³/mol. The van der Waals surface area contributed by atoms with Crippen LogP contribution in [0.25, 0.3) is 11.0 Å². The van der Waals surface area contributed by atoms with E-state index in [2.05, 4.69) is 9.55 Å². The number of carbonyl (C=O) groups excluding carboxylic acids is 1. The van der Waals surface area contributed by atoms with Crippen LogP contribution in [0.2, 0.25) is 5.02 Å².